The van der Waals surface area contributed by atoms with Crippen molar-refractivity contribution in [3.05, 3.63) is 35.8 Å². The van der Waals surface area contributed by atoms with Crippen molar-refractivity contribution in [2.24, 2.45) is 5.92 Å². The van der Waals surface area contributed by atoms with E-state index in [-0.39, 0.29) is 11.8 Å². The van der Waals surface area contributed by atoms with Crippen molar-refractivity contribution < 1.29 is 13.9 Å². The van der Waals surface area contributed by atoms with E-state index in [4.69, 9.17) is 4.74 Å². The van der Waals surface area contributed by atoms with Crippen LogP contribution in [0.4, 0.5) is 4.39 Å². The van der Waals surface area contributed by atoms with Crippen molar-refractivity contribution >= 4 is 16.9 Å². The van der Waals surface area contributed by atoms with Crippen LogP contribution in [0.2, 0.25) is 0 Å². The van der Waals surface area contributed by atoms with E-state index in [2.05, 4.69) is 4.98 Å². The molecule has 1 aliphatic rings. The van der Waals surface area contributed by atoms with Crippen LogP contribution in [0.25, 0.3) is 10.9 Å². The SMILES string of the molecule is O=C(OCC1CC1)c1c[nH]c2ccc(F)cc12. The zero-order valence-corrected chi connectivity index (χ0v) is 9.20. The van der Waals surface area contributed by atoms with Gasteiger partial charge in [0, 0.05) is 17.1 Å². The summed E-state index contributed by atoms with van der Waals surface area (Å²) in [4.78, 5) is 14.7. The molecule has 0 atom stereocenters. The molecule has 2 aromatic rings. The van der Waals surface area contributed by atoms with Crippen molar-refractivity contribution in [1.82, 2.24) is 4.98 Å². The van der Waals surface area contributed by atoms with Crippen molar-refractivity contribution in [3.8, 4) is 0 Å². The zero-order valence-electron chi connectivity index (χ0n) is 9.20. The van der Waals surface area contributed by atoms with Gasteiger partial charge in [-0.05, 0) is 37.0 Å². The van der Waals surface area contributed by atoms with Crippen LogP contribution in [0.5, 0.6) is 0 Å². The van der Waals surface area contributed by atoms with Gasteiger partial charge < -0.3 is 9.72 Å². The third-order valence-electron chi connectivity index (χ3n) is 3.01. The van der Waals surface area contributed by atoms with Crippen LogP contribution in [0.15, 0.2) is 24.4 Å². The largest absolute Gasteiger partial charge is 0.462 e. The zero-order chi connectivity index (χ0) is 11.8. The Balaban J connectivity index is 1.87. The highest BCUT2D eigenvalue weighted by molar-refractivity contribution is 6.04. The minimum atomic E-state index is -0.381. The molecule has 17 heavy (non-hydrogen) atoms. The van der Waals surface area contributed by atoms with Crippen LogP contribution in [-0.2, 0) is 4.74 Å². The van der Waals surface area contributed by atoms with Gasteiger partial charge in [0.05, 0.1) is 12.2 Å². The molecule has 0 bridgehead atoms. The molecule has 0 saturated heterocycles. The third-order valence-corrected chi connectivity index (χ3v) is 3.01. The number of nitrogens with one attached hydrogen (secondary N) is 1. The van der Waals surface area contributed by atoms with Gasteiger partial charge in [0.1, 0.15) is 5.82 Å². The van der Waals surface area contributed by atoms with Crippen LogP contribution in [0.3, 0.4) is 0 Å². The van der Waals surface area contributed by atoms with Gasteiger partial charge in [0.2, 0.25) is 0 Å². The van der Waals surface area contributed by atoms with Gasteiger partial charge in [-0.25, -0.2) is 9.18 Å². The molecule has 1 heterocycles. The quantitative estimate of drug-likeness (QED) is 0.828. The molecule has 88 valence electrons. The average Bonchev–Trinajstić information content (AvgIpc) is 3.05. The maximum absolute atomic E-state index is 13.1. The summed E-state index contributed by atoms with van der Waals surface area (Å²) in [6, 6.07) is 4.32. The molecule has 1 fully saturated rings. The number of esters is 1. The predicted octanol–water partition coefficient (Wildman–Crippen LogP) is 2.87. The number of H-pyrrole nitrogens is 1. The summed E-state index contributed by atoms with van der Waals surface area (Å²) in [5.74, 6) is -0.206. The van der Waals surface area contributed by atoms with Gasteiger partial charge in [-0.2, -0.15) is 0 Å². The van der Waals surface area contributed by atoms with E-state index in [0.717, 1.165) is 18.4 Å². The molecule has 1 saturated carbocycles. The normalized spacial score (nSPS) is 15.1. The summed E-state index contributed by atoms with van der Waals surface area (Å²) in [5, 5.41) is 0.575. The Bertz CT molecular complexity index is 572. The van der Waals surface area contributed by atoms with Crippen LogP contribution < -0.4 is 0 Å². The summed E-state index contributed by atoms with van der Waals surface area (Å²) in [5.41, 5.74) is 1.14. The molecule has 1 aliphatic carbocycles. The number of hydrogen-bond donors (Lipinski definition) is 1. The number of carbonyl (C=O) groups is 1. The van der Waals surface area contributed by atoms with E-state index in [1.165, 1.54) is 12.1 Å². The Morgan fingerprint density at radius 1 is 1.47 bits per heavy atom. The second-order valence-corrected chi connectivity index (χ2v) is 4.43. The summed E-state index contributed by atoms with van der Waals surface area (Å²) in [6.07, 6.45) is 3.84. The van der Waals surface area contributed by atoms with Gasteiger partial charge in [-0.15, -0.1) is 0 Å². The summed E-state index contributed by atoms with van der Waals surface area (Å²) in [7, 11) is 0. The first-order chi connectivity index (χ1) is 8.24. The first kappa shape index (κ1) is 10.3. The van der Waals surface area contributed by atoms with Crippen molar-refractivity contribution in [3.63, 3.8) is 0 Å². The number of ether oxygens (including phenoxy) is 1. The molecule has 4 heteroatoms. The number of carbonyl (C=O) groups excluding carboxylic acids is 1. The summed E-state index contributed by atoms with van der Waals surface area (Å²) in [6.45, 7) is 0.473. The number of halogens is 1. The lowest BCUT2D eigenvalue weighted by Gasteiger charge is -2.02. The molecular formula is C13H12FNO2. The molecule has 0 unspecified atom stereocenters. The monoisotopic (exact) mass is 233 g/mol. The van der Waals surface area contributed by atoms with E-state index in [9.17, 15) is 9.18 Å². The molecule has 0 aliphatic heterocycles. The first-order valence-electron chi connectivity index (χ1n) is 5.68. The summed E-state index contributed by atoms with van der Waals surface area (Å²) >= 11 is 0. The molecule has 0 amide bonds. The molecule has 3 rings (SSSR count). The number of hydrogen-bond acceptors (Lipinski definition) is 2. The summed E-state index contributed by atoms with van der Waals surface area (Å²) < 4.78 is 18.3. The van der Waals surface area contributed by atoms with Crippen molar-refractivity contribution in [1.29, 1.82) is 0 Å². The number of fused-ring (bicyclic) bond motifs is 1. The maximum atomic E-state index is 13.1. The van der Waals surface area contributed by atoms with Gasteiger partial charge in [0.25, 0.3) is 0 Å². The number of benzene rings is 1. The number of aromatic amines is 1. The highest BCUT2D eigenvalue weighted by Gasteiger charge is 2.24. The minimum absolute atomic E-state index is 0.353. The van der Waals surface area contributed by atoms with E-state index in [1.54, 1.807) is 12.3 Å². The molecular weight excluding hydrogens is 221 g/mol. The lowest BCUT2D eigenvalue weighted by atomic mass is 10.2. The van der Waals surface area contributed by atoms with Crippen LogP contribution in [0, 0.1) is 11.7 Å². The van der Waals surface area contributed by atoms with Crippen LogP contribution in [0.1, 0.15) is 23.2 Å². The minimum Gasteiger partial charge on any atom is -0.462 e. The topological polar surface area (TPSA) is 42.1 Å². The predicted molar refractivity (Wildman–Crippen MR) is 61.3 cm³/mol. The van der Waals surface area contributed by atoms with E-state index in [0.29, 0.717) is 23.5 Å². The smallest absolute Gasteiger partial charge is 0.340 e. The molecule has 0 spiro atoms. The number of rotatable bonds is 3. The molecule has 0 radical (unpaired) electrons. The van der Waals surface area contributed by atoms with Crippen LogP contribution in [-0.4, -0.2) is 17.6 Å². The lowest BCUT2D eigenvalue weighted by Crippen LogP contribution is -2.06. The van der Waals surface area contributed by atoms with Crippen molar-refractivity contribution in [2.45, 2.75) is 12.8 Å². The van der Waals surface area contributed by atoms with E-state index >= 15 is 0 Å². The molecule has 1 aromatic carbocycles. The molecule has 1 N–H and O–H groups in total. The fourth-order valence-corrected chi connectivity index (χ4v) is 1.82. The van der Waals surface area contributed by atoms with Crippen LogP contribution >= 0.6 is 0 Å². The number of aromatic nitrogens is 1. The molecule has 3 nitrogen and oxygen atoms in total. The van der Waals surface area contributed by atoms with E-state index < -0.39 is 0 Å². The Morgan fingerprint density at radius 3 is 3.06 bits per heavy atom. The standard InChI is InChI=1S/C13H12FNO2/c14-9-3-4-12-10(5-9)11(6-15-12)13(16)17-7-8-1-2-8/h3-6,8,15H,1-2,7H2. The third kappa shape index (κ3) is 2.02. The van der Waals surface area contributed by atoms with E-state index in [1.807, 2.05) is 0 Å². The first-order valence-corrected chi connectivity index (χ1v) is 5.68. The Kier molecular flexibility index (Phi) is 2.35. The van der Waals surface area contributed by atoms with Gasteiger partial charge >= 0.3 is 5.97 Å². The second kappa shape index (κ2) is 3.87. The Morgan fingerprint density at radius 2 is 2.29 bits per heavy atom. The van der Waals surface area contributed by atoms with Gasteiger partial charge in [0.15, 0.2) is 0 Å². The lowest BCUT2D eigenvalue weighted by molar-refractivity contribution is 0.0488. The second-order valence-electron chi connectivity index (χ2n) is 4.43. The van der Waals surface area contributed by atoms with Crippen molar-refractivity contribution in [2.75, 3.05) is 6.61 Å². The average molecular weight is 233 g/mol. The Hall–Kier alpha value is -1.84. The molecule has 1 aromatic heterocycles. The highest BCUT2D eigenvalue weighted by atomic mass is 19.1. The van der Waals surface area contributed by atoms with Gasteiger partial charge in [-0.1, -0.05) is 0 Å². The maximum Gasteiger partial charge on any atom is 0.340 e. The fourth-order valence-electron chi connectivity index (χ4n) is 1.82. The highest BCUT2D eigenvalue weighted by Crippen LogP contribution is 2.29. The Labute approximate surface area is 97.6 Å². The fraction of sp³-hybridized carbons (Fsp3) is 0.308. The van der Waals surface area contributed by atoms with Gasteiger partial charge in [-0.3, -0.25) is 0 Å².